The van der Waals surface area contributed by atoms with E-state index in [1.807, 2.05) is 13.8 Å². The number of halogens is 3. The molecule has 8 heteroatoms. The highest BCUT2D eigenvalue weighted by molar-refractivity contribution is 5.72. The highest BCUT2D eigenvalue weighted by Crippen LogP contribution is 2.39. The Balaban J connectivity index is 2.27. The molecule has 0 spiro atoms. The monoisotopic (exact) mass is 303 g/mol. The first kappa shape index (κ1) is 15.5. The zero-order valence-electron chi connectivity index (χ0n) is 11.6. The molecule has 1 N–H and O–H groups in total. The number of alkyl halides is 3. The molecule has 0 radical (unpaired) electrons. The van der Waals surface area contributed by atoms with Crippen LogP contribution in [0.3, 0.4) is 0 Å². The molecule has 2 heterocycles. The largest absolute Gasteiger partial charge is 0.481 e. The van der Waals surface area contributed by atoms with Crippen molar-refractivity contribution in [1.82, 2.24) is 9.97 Å². The van der Waals surface area contributed by atoms with Crippen molar-refractivity contribution < 1.29 is 23.1 Å². The van der Waals surface area contributed by atoms with E-state index in [1.165, 1.54) is 11.2 Å². The van der Waals surface area contributed by atoms with Gasteiger partial charge >= 0.3 is 12.1 Å². The molecular formula is C13H16F3N3O2. The second kappa shape index (κ2) is 5.50. The van der Waals surface area contributed by atoms with E-state index in [0.717, 1.165) is 0 Å². The van der Waals surface area contributed by atoms with Crippen LogP contribution in [0.2, 0.25) is 0 Å². The lowest BCUT2D eigenvalue weighted by Crippen LogP contribution is -2.33. The van der Waals surface area contributed by atoms with Crippen LogP contribution >= 0.6 is 0 Å². The number of carboxylic acid groups (broad SMARTS) is 1. The Labute approximate surface area is 119 Å². The van der Waals surface area contributed by atoms with Crippen molar-refractivity contribution in [3.05, 3.63) is 18.1 Å². The summed E-state index contributed by atoms with van der Waals surface area (Å²) in [7, 11) is 0. The van der Waals surface area contributed by atoms with Crippen molar-refractivity contribution in [3.8, 4) is 0 Å². The van der Waals surface area contributed by atoms with Gasteiger partial charge in [-0.1, -0.05) is 13.8 Å². The summed E-state index contributed by atoms with van der Waals surface area (Å²) >= 11 is 0. The number of nitrogens with zero attached hydrogens (tertiary/aromatic N) is 3. The van der Waals surface area contributed by atoms with Crippen molar-refractivity contribution in [2.45, 2.75) is 25.9 Å². The molecule has 116 valence electrons. The van der Waals surface area contributed by atoms with Crippen LogP contribution in [0, 0.1) is 11.8 Å². The molecule has 0 saturated carbocycles. The summed E-state index contributed by atoms with van der Waals surface area (Å²) in [5.74, 6) is -4.33. The number of carboxylic acids is 1. The summed E-state index contributed by atoms with van der Waals surface area (Å²) in [5, 5.41) is 9.00. The molecule has 1 aromatic heterocycles. The van der Waals surface area contributed by atoms with Crippen LogP contribution in [0.25, 0.3) is 0 Å². The normalized spacial score (nSPS) is 22.9. The van der Waals surface area contributed by atoms with E-state index in [-0.39, 0.29) is 12.5 Å². The number of anilines is 1. The fraction of sp³-hybridized carbons (Fsp3) is 0.615. The number of hydrogen-bond donors (Lipinski definition) is 1. The molecule has 2 atom stereocenters. The van der Waals surface area contributed by atoms with Gasteiger partial charge in [-0.25, -0.2) is 9.97 Å². The minimum absolute atomic E-state index is 0.114. The molecule has 5 nitrogen and oxygen atoms in total. The SMILES string of the molecule is CC(C)c1cc(N2C[C@@H](C(F)(F)F)[C@H](C(=O)O)C2)ncn1. The summed E-state index contributed by atoms with van der Waals surface area (Å²) in [6.45, 7) is 3.23. The zero-order valence-corrected chi connectivity index (χ0v) is 11.6. The van der Waals surface area contributed by atoms with Crippen molar-refractivity contribution >= 4 is 11.8 Å². The minimum Gasteiger partial charge on any atom is -0.481 e. The van der Waals surface area contributed by atoms with E-state index in [1.54, 1.807) is 6.07 Å². The van der Waals surface area contributed by atoms with E-state index >= 15 is 0 Å². The van der Waals surface area contributed by atoms with Crippen LogP contribution in [-0.2, 0) is 4.79 Å². The summed E-state index contributed by atoms with van der Waals surface area (Å²) < 4.78 is 38.8. The van der Waals surface area contributed by atoms with E-state index in [2.05, 4.69) is 9.97 Å². The van der Waals surface area contributed by atoms with Gasteiger partial charge in [-0.05, 0) is 5.92 Å². The second-order valence-corrected chi connectivity index (χ2v) is 5.45. The summed E-state index contributed by atoms with van der Waals surface area (Å²) in [5.41, 5.74) is 0.710. The number of aliphatic carboxylic acids is 1. The van der Waals surface area contributed by atoms with Gasteiger partial charge in [0, 0.05) is 24.8 Å². The standard InChI is InChI=1S/C13H16F3N3O2/c1-7(2)10-3-11(18-6-17-10)19-4-8(12(20)21)9(5-19)13(14,15)16/h3,6-9H,4-5H2,1-2H3,(H,20,21)/t8-,9-/m1/s1. The second-order valence-electron chi connectivity index (χ2n) is 5.45. The Bertz CT molecular complexity index is 534. The van der Waals surface area contributed by atoms with Gasteiger partial charge in [0.15, 0.2) is 0 Å². The molecule has 1 aromatic rings. The number of carbonyl (C=O) groups is 1. The van der Waals surface area contributed by atoms with Crippen LogP contribution in [-0.4, -0.2) is 40.3 Å². The molecular weight excluding hydrogens is 287 g/mol. The van der Waals surface area contributed by atoms with Gasteiger partial charge < -0.3 is 10.0 Å². The first-order valence-corrected chi connectivity index (χ1v) is 6.56. The van der Waals surface area contributed by atoms with Crippen molar-refractivity contribution in [2.75, 3.05) is 18.0 Å². The molecule has 0 aromatic carbocycles. The Morgan fingerprint density at radius 1 is 1.38 bits per heavy atom. The molecule has 21 heavy (non-hydrogen) atoms. The van der Waals surface area contributed by atoms with E-state index < -0.39 is 30.5 Å². The Kier molecular flexibility index (Phi) is 4.06. The van der Waals surface area contributed by atoms with Crippen LogP contribution in [0.15, 0.2) is 12.4 Å². The summed E-state index contributed by atoms with van der Waals surface area (Å²) in [6.07, 6.45) is -3.24. The molecule has 0 bridgehead atoms. The van der Waals surface area contributed by atoms with Gasteiger partial charge in [0.1, 0.15) is 12.1 Å². The van der Waals surface area contributed by atoms with Crippen molar-refractivity contribution in [3.63, 3.8) is 0 Å². The molecule has 1 saturated heterocycles. The highest BCUT2D eigenvalue weighted by atomic mass is 19.4. The van der Waals surface area contributed by atoms with Crippen LogP contribution in [0.1, 0.15) is 25.5 Å². The molecule has 0 unspecified atom stereocenters. The van der Waals surface area contributed by atoms with Crippen LogP contribution in [0.5, 0.6) is 0 Å². The number of aromatic nitrogens is 2. The average Bonchev–Trinajstić information content (AvgIpc) is 2.84. The predicted molar refractivity (Wildman–Crippen MR) is 69.0 cm³/mol. The maximum absolute atomic E-state index is 12.9. The average molecular weight is 303 g/mol. The Morgan fingerprint density at radius 2 is 2.05 bits per heavy atom. The van der Waals surface area contributed by atoms with Crippen molar-refractivity contribution in [2.24, 2.45) is 11.8 Å². The van der Waals surface area contributed by atoms with E-state index in [4.69, 9.17) is 5.11 Å². The maximum atomic E-state index is 12.9. The fourth-order valence-electron chi connectivity index (χ4n) is 2.42. The zero-order chi connectivity index (χ0) is 15.8. The molecule has 0 aliphatic carbocycles. The van der Waals surface area contributed by atoms with Gasteiger partial charge in [-0.15, -0.1) is 0 Å². The Hall–Kier alpha value is -1.86. The lowest BCUT2D eigenvalue weighted by atomic mass is 9.96. The lowest BCUT2D eigenvalue weighted by Gasteiger charge is -2.19. The van der Waals surface area contributed by atoms with Gasteiger partial charge in [-0.2, -0.15) is 13.2 Å². The van der Waals surface area contributed by atoms with E-state index in [9.17, 15) is 18.0 Å². The van der Waals surface area contributed by atoms with Crippen LogP contribution in [0.4, 0.5) is 19.0 Å². The van der Waals surface area contributed by atoms with Gasteiger partial charge in [0.25, 0.3) is 0 Å². The molecule has 2 rings (SSSR count). The minimum atomic E-state index is -4.54. The van der Waals surface area contributed by atoms with Gasteiger partial charge in [0.2, 0.25) is 0 Å². The number of rotatable bonds is 3. The third-order valence-electron chi connectivity index (χ3n) is 3.65. The molecule has 1 aliphatic rings. The maximum Gasteiger partial charge on any atom is 0.394 e. The first-order chi connectivity index (χ1) is 9.70. The van der Waals surface area contributed by atoms with Gasteiger partial charge in [0.05, 0.1) is 11.8 Å². The van der Waals surface area contributed by atoms with E-state index in [0.29, 0.717) is 11.5 Å². The molecule has 1 fully saturated rings. The van der Waals surface area contributed by atoms with Gasteiger partial charge in [-0.3, -0.25) is 4.79 Å². The number of hydrogen-bond acceptors (Lipinski definition) is 4. The lowest BCUT2D eigenvalue weighted by molar-refractivity contribution is -0.187. The smallest absolute Gasteiger partial charge is 0.394 e. The van der Waals surface area contributed by atoms with Crippen LogP contribution < -0.4 is 4.90 Å². The van der Waals surface area contributed by atoms with Crippen molar-refractivity contribution in [1.29, 1.82) is 0 Å². The molecule has 1 aliphatic heterocycles. The Morgan fingerprint density at radius 3 is 2.52 bits per heavy atom. The topological polar surface area (TPSA) is 66.3 Å². The third-order valence-corrected chi connectivity index (χ3v) is 3.65. The first-order valence-electron chi connectivity index (χ1n) is 6.56. The summed E-state index contributed by atoms with van der Waals surface area (Å²) in [6, 6.07) is 1.61. The molecule has 0 amide bonds. The third kappa shape index (κ3) is 3.25. The predicted octanol–water partition coefficient (Wildman–Crippen LogP) is 2.30. The quantitative estimate of drug-likeness (QED) is 0.928. The fourth-order valence-corrected chi connectivity index (χ4v) is 2.42. The summed E-state index contributed by atoms with van der Waals surface area (Å²) in [4.78, 5) is 20.4. The highest BCUT2D eigenvalue weighted by Gasteiger charge is 2.52.